The predicted octanol–water partition coefficient (Wildman–Crippen LogP) is 4.15. The molecule has 0 atom stereocenters. The fourth-order valence-corrected chi connectivity index (χ4v) is 3.28. The molecule has 0 aliphatic carbocycles. The van der Waals surface area contributed by atoms with Crippen LogP contribution in [0.15, 0.2) is 70.5 Å². The van der Waals surface area contributed by atoms with Gasteiger partial charge in [-0.1, -0.05) is 48.5 Å². The normalized spacial score (nSPS) is 10.7. The van der Waals surface area contributed by atoms with E-state index in [-0.39, 0.29) is 24.9 Å². The minimum atomic E-state index is -0.389. The summed E-state index contributed by atoms with van der Waals surface area (Å²) in [5.41, 5.74) is 2.53. The summed E-state index contributed by atoms with van der Waals surface area (Å²) in [6.07, 6.45) is 0.100. The van der Waals surface area contributed by atoms with Crippen LogP contribution in [0.25, 0.3) is 22.0 Å². The van der Waals surface area contributed by atoms with Crippen LogP contribution in [0.4, 0.5) is 0 Å². The van der Waals surface area contributed by atoms with E-state index < -0.39 is 0 Å². The molecule has 4 rings (SSSR count). The van der Waals surface area contributed by atoms with Crippen molar-refractivity contribution in [3.63, 3.8) is 0 Å². The monoisotopic (exact) mass is 377 g/mol. The van der Waals surface area contributed by atoms with Crippen molar-refractivity contribution in [1.29, 1.82) is 0 Å². The molecule has 134 valence electrons. The molecule has 2 aromatic carbocycles. The van der Waals surface area contributed by atoms with Gasteiger partial charge in [0.1, 0.15) is 5.01 Å². The van der Waals surface area contributed by atoms with E-state index in [1.807, 2.05) is 66.0 Å². The smallest absolute Gasteiger partial charge is 0.312 e. The van der Waals surface area contributed by atoms with E-state index in [2.05, 4.69) is 15.2 Å². The van der Waals surface area contributed by atoms with Gasteiger partial charge in [0.05, 0.1) is 12.1 Å². The van der Waals surface area contributed by atoms with E-state index in [9.17, 15) is 4.79 Å². The van der Waals surface area contributed by atoms with Crippen LogP contribution in [-0.4, -0.2) is 21.2 Å². The van der Waals surface area contributed by atoms with Crippen molar-refractivity contribution < 1.29 is 13.9 Å². The van der Waals surface area contributed by atoms with Gasteiger partial charge in [-0.05, 0) is 12.1 Å². The first-order chi connectivity index (χ1) is 13.3. The lowest BCUT2D eigenvalue weighted by Crippen LogP contribution is -2.08. The Morgan fingerprint density at radius 2 is 1.67 bits per heavy atom. The first kappa shape index (κ1) is 17.1. The molecule has 0 unspecified atom stereocenters. The van der Waals surface area contributed by atoms with Crippen LogP contribution in [0, 0.1) is 0 Å². The molecule has 2 aromatic heterocycles. The molecular weight excluding hydrogens is 362 g/mol. The van der Waals surface area contributed by atoms with Gasteiger partial charge in [0.25, 0.3) is 5.89 Å². The van der Waals surface area contributed by atoms with Crippen LogP contribution in [-0.2, 0) is 22.6 Å². The number of thiazole rings is 1. The van der Waals surface area contributed by atoms with Crippen LogP contribution >= 0.6 is 11.3 Å². The maximum atomic E-state index is 12.1. The average molecular weight is 377 g/mol. The Kier molecular flexibility index (Phi) is 5.02. The summed E-state index contributed by atoms with van der Waals surface area (Å²) in [5, 5.41) is 10.6. The highest BCUT2D eigenvalue weighted by Gasteiger charge is 2.13. The molecule has 0 radical (unpaired) electrons. The molecule has 0 N–H and O–H groups in total. The van der Waals surface area contributed by atoms with Crippen molar-refractivity contribution >= 4 is 17.3 Å². The first-order valence-corrected chi connectivity index (χ1v) is 9.19. The molecule has 0 saturated carbocycles. The van der Waals surface area contributed by atoms with Gasteiger partial charge in [-0.2, -0.15) is 0 Å². The van der Waals surface area contributed by atoms with Crippen LogP contribution in [0.1, 0.15) is 11.6 Å². The summed E-state index contributed by atoms with van der Waals surface area (Å²) in [6.45, 7) is -0.0612. The molecule has 4 aromatic rings. The maximum absolute atomic E-state index is 12.1. The van der Waals surface area contributed by atoms with Gasteiger partial charge in [0, 0.05) is 16.5 Å². The summed E-state index contributed by atoms with van der Waals surface area (Å²) >= 11 is 1.50. The highest BCUT2D eigenvalue weighted by atomic mass is 32.1. The fraction of sp³-hybridized carbons (Fsp3) is 0.100. The van der Waals surface area contributed by atoms with Crippen molar-refractivity contribution in [1.82, 2.24) is 15.2 Å². The van der Waals surface area contributed by atoms with Gasteiger partial charge < -0.3 is 9.15 Å². The van der Waals surface area contributed by atoms with Gasteiger partial charge in [0.2, 0.25) is 5.89 Å². The predicted molar refractivity (Wildman–Crippen MR) is 101 cm³/mol. The van der Waals surface area contributed by atoms with Crippen LogP contribution in [0.2, 0.25) is 0 Å². The largest absolute Gasteiger partial charge is 0.455 e. The number of hydrogen-bond donors (Lipinski definition) is 0. The third kappa shape index (κ3) is 4.27. The van der Waals surface area contributed by atoms with Gasteiger partial charge >= 0.3 is 5.97 Å². The zero-order chi connectivity index (χ0) is 18.5. The van der Waals surface area contributed by atoms with Gasteiger partial charge in [-0.15, -0.1) is 21.5 Å². The molecule has 0 aliphatic heterocycles. The molecule has 0 saturated heterocycles. The number of esters is 1. The van der Waals surface area contributed by atoms with Crippen LogP contribution in [0.5, 0.6) is 0 Å². The quantitative estimate of drug-likeness (QED) is 0.470. The molecule has 0 bridgehead atoms. The van der Waals surface area contributed by atoms with Gasteiger partial charge in [-0.25, -0.2) is 4.98 Å². The third-order valence-corrected chi connectivity index (χ3v) is 4.68. The molecule has 27 heavy (non-hydrogen) atoms. The third-order valence-electron chi connectivity index (χ3n) is 3.74. The Balaban J connectivity index is 1.33. The summed E-state index contributed by atoms with van der Waals surface area (Å²) in [4.78, 5) is 16.5. The number of hydrogen-bond acceptors (Lipinski definition) is 7. The van der Waals surface area contributed by atoms with E-state index >= 15 is 0 Å². The van der Waals surface area contributed by atoms with E-state index in [0.717, 1.165) is 16.1 Å². The van der Waals surface area contributed by atoms with Gasteiger partial charge in [-0.3, -0.25) is 4.79 Å². The SMILES string of the molecule is O=C(Cc1csc(-c2ccccc2)n1)OCc1nnc(-c2ccccc2)o1. The Bertz CT molecular complexity index is 1030. The highest BCUT2D eigenvalue weighted by Crippen LogP contribution is 2.23. The second-order valence-electron chi connectivity index (χ2n) is 5.71. The Morgan fingerprint density at radius 1 is 0.963 bits per heavy atom. The number of aromatic nitrogens is 3. The molecule has 6 nitrogen and oxygen atoms in total. The Hall–Kier alpha value is -3.32. The minimum absolute atomic E-state index is 0.0612. The molecule has 0 spiro atoms. The number of rotatable bonds is 6. The second kappa shape index (κ2) is 7.92. The maximum Gasteiger partial charge on any atom is 0.312 e. The zero-order valence-corrected chi connectivity index (χ0v) is 15.1. The summed E-state index contributed by atoms with van der Waals surface area (Å²) < 4.78 is 10.7. The standard InChI is InChI=1S/C20H15N3O3S/c24-18(11-16-13-27-20(21-16)15-9-5-2-6-10-15)25-12-17-22-23-19(26-17)14-7-3-1-4-8-14/h1-10,13H,11-12H2. The summed E-state index contributed by atoms with van der Waals surface area (Å²) in [7, 11) is 0. The molecular formula is C20H15N3O3S. The Morgan fingerprint density at radius 3 is 2.41 bits per heavy atom. The lowest BCUT2D eigenvalue weighted by Gasteiger charge is -2.00. The van der Waals surface area contributed by atoms with Crippen LogP contribution in [0.3, 0.4) is 0 Å². The topological polar surface area (TPSA) is 78.1 Å². The molecule has 7 heteroatoms. The van der Waals surface area contributed by atoms with Crippen molar-refractivity contribution in [3.8, 4) is 22.0 Å². The van der Waals surface area contributed by atoms with E-state index in [1.165, 1.54) is 11.3 Å². The van der Waals surface area contributed by atoms with E-state index in [0.29, 0.717) is 11.6 Å². The molecule has 0 fully saturated rings. The van der Waals surface area contributed by atoms with Gasteiger partial charge in [0.15, 0.2) is 6.61 Å². The number of carbonyl (C=O) groups is 1. The number of carbonyl (C=O) groups excluding carboxylic acids is 1. The van der Waals surface area contributed by atoms with Crippen molar-refractivity contribution in [2.45, 2.75) is 13.0 Å². The van der Waals surface area contributed by atoms with E-state index in [4.69, 9.17) is 9.15 Å². The van der Waals surface area contributed by atoms with E-state index in [1.54, 1.807) is 0 Å². The molecule has 0 amide bonds. The van der Waals surface area contributed by atoms with Crippen LogP contribution < -0.4 is 0 Å². The van der Waals surface area contributed by atoms with Crippen molar-refractivity contribution in [3.05, 3.63) is 77.6 Å². The average Bonchev–Trinajstić information content (AvgIpc) is 3.37. The number of benzene rings is 2. The Labute approximate surface area is 159 Å². The fourth-order valence-electron chi connectivity index (χ4n) is 2.45. The molecule has 0 aliphatic rings. The first-order valence-electron chi connectivity index (χ1n) is 8.31. The second-order valence-corrected chi connectivity index (χ2v) is 6.57. The highest BCUT2D eigenvalue weighted by molar-refractivity contribution is 7.13. The number of ether oxygens (including phenoxy) is 1. The van der Waals surface area contributed by atoms with Crippen molar-refractivity contribution in [2.75, 3.05) is 0 Å². The summed E-state index contributed by atoms with van der Waals surface area (Å²) in [6, 6.07) is 19.3. The van der Waals surface area contributed by atoms with Crippen molar-refractivity contribution in [2.24, 2.45) is 0 Å². The minimum Gasteiger partial charge on any atom is -0.455 e. The lowest BCUT2D eigenvalue weighted by atomic mass is 10.2. The number of nitrogens with zero attached hydrogens (tertiary/aromatic N) is 3. The lowest BCUT2D eigenvalue weighted by molar-refractivity contribution is -0.144. The summed E-state index contributed by atoms with van der Waals surface area (Å²) in [5.74, 6) is 0.262. The zero-order valence-electron chi connectivity index (χ0n) is 14.2. The molecule has 2 heterocycles.